The highest BCUT2D eigenvalue weighted by Crippen LogP contribution is 2.14. The van der Waals surface area contributed by atoms with Crippen LogP contribution in [-0.2, 0) is 4.79 Å². The number of hydrogen-bond donors (Lipinski definition) is 0. The molecule has 1 nitrogen and oxygen atoms in total. The third-order valence-corrected chi connectivity index (χ3v) is 1.47. The third kappa shape index (κ3) is 2.47. The van der Waals surface area contributed by atoms with Gasteiger partial charge in [0.05, 0.1) is 0 Å². The Balaban J connectivity index is 3.00. The molecular formula is C9H6ClFO. The molecule has 1 aromatic rings. The fourth-order valence-corrected chi connectivity index (χ4v) is 1.05. The summed E-state index contributed by atoms with van der Waals surface area (Å²) in [6.45, 7) is 0. The number of carbonyl (C=O) groups is 1. The van der Waals surface area contributed by atoms with Gasteiger partial charge in [0.25, 0.3) is 0 Å². The molecule has 1 rings (SSSR count). The predicted octanol–water partition coefficient (Wildman–Crippen LogP) is 2.69. The minimum atomic E-state index is -0.409. The first-order valence-electron chi connectivity index (χ1n) is 3.30. The van der Waals surface area contributed by atoms with Crippen molar-refractivity contribution >= 4 is 24.0 Å². The van der Waals surface area contributed by atoms with E-state index < -0.39 is 5.82 Å². The number of halogens is 2. The molecule has 3 heteroatoms. The zero-order valence-corrected chi connectivity index (χ0v) is 6.88. The smallest absolute Gasteiger partial charge is 0.142 e. The lowest BCUT2D eigenvalue weighted by atomic mass is 10.2. The molecule has 0 aliphatic heterocycles. The Morgan fingerprint density at radius 3 is 2.67 bits per heavy atom. The van der Waals surface area contributed by atoms with E-state index in [-0.39, 0.29) is 0 Å². The van der Waals surface area contributed by atoms with Crippen LogP contribution >= 0.6 is 11.6 Å². The predicted molar refractivity (Wildman–Crippen MR) is 46.5 cm³/mol. The summed E-state index contributed by atoms with van der Waals surface area (Å²) in [4.78, 5) is 9.93. The van der Waals surface area contributed by atoms with Gasteiger partial charge < -0.3 is 0 Å². The van der Waals surface area contributed by atoms with Gasteiger partial charge in [-0.3, -0.25) is 4.79 Å². The second-order valence-electron chi connectivity index (χ2n) is 2.20. The second kappa shape index (κ2) is 4.02. The number of allylic oxidation sites excluding steroid dienone is 1. The first-order valence-corrected chi connectivity index (χ1v) is 3.68. The van der Waals surface area contributed by atoms with Crippen LogP contribution in [-0.4, -0.2) is 6.29 Å². The lowest BCUT2D eigenvalue weighted by Gasteiger charge is -1.94. The Morgan fingerprint density at radius 2 is 2.08 bits per heavy atom. The van der Waals surface area contributed by atoms with Crippen molar-refractivity contribution in [2.75, 3.05) is 0 Å². The average molecular weight is 185 g/mol. The van der Waals surface area contributed by atoms with E-state index in [9.17, 15) is 9.18 Å². The van der Waals surface area contributed by atoms with Crippen LogP contribution < -0.4 is 0 Å². The van der Waals surface area contributed by atoms with E-state index >= 15 is 0 Å². The van der Waals surface area contributed by atoms with Crippen LogP contribution in [0.15, 0.2) is 24.3 Å². The van der Waals surface area contributed by atoms with Gasteiger partial charge in [-0.15, -0.1) is 0 Å². The highest BCUT2D eigenvalue weighted by atomic mass is 35.5. The quantitative estimate of drug-likeness (QED) is 0.510. The van der Waals surface area contributed by atoms with Gasteiger partial charge in [-0.05, 0) is 29.8 Å². The Hall–Kier alpha value is -1.15. The summed E-state index contributed by atoms with van der Waals surface area (Å²) in [5.74, 6) is -0.409. The molecule has 0 saturated carbocycles. The molecule has 0 heterocycles. The van der Waals surface area contributed by atoms with E-state index in [1.54, 1.807) is 6.07 Å². The summed E-state index contributed by atoms with van der Waals surface area (Å²) in [6.07, 6.45) is 3.39. The summed E-state index contributed by atoms with van der Waals surface area (Å²) in [6, 6.07) is 4.08. The van der Waals surface area contributed by atoms with Crippen molar-refractivity contribution in [3.63, 3.8) is 0 Å². The molecule has 0 saturated heterocycles. The summed E-state index contributed by atoms with van der Waals surface area (Å²) in [5, 5.41) is 0.320. The van der Waals surface area contributed by atoms with Crippen LogP contribution in [0.25, 0.3) is 6.08 Å². The Bertz CT molecular complexity index is 300. The zero-order valence-electron chi connectivity index (χ0n) is 6.13. The van der Waals surface area contributed by atoms with Gasteiger partial charge in [0.15, 0.2) is 0 Å². The molecule has 0 radical (unpaired) electrons. The first kappa shape index (κ1) is 8.94. The van der Waals surface area contributed by atoms with Crippen molar-refractivity contribution in [3.05, 3.63) is 40.7 Å². The molecular weight excluding hydrogens is 179 g/mol. The van der Waals surface area contributed by atoms with E-state index in [0.29, 0.717) is 16.9 Å². The Labute approximate surface area is 74.5 Å². The third-order valence-electron chi connectivity index (χ3n) is 1.25. The summed E-state index contributed by atoms with van der Waals surface area (Å²) in [7, 11) is 0. The lowest BCUT2D eigenvalue weighted by Crippen LogP contribution is -1.77. The fraction of sp³-hybridized carbons (Fsp3) is 0. The van der Waals surface area contributed by atoms with E-state index in [2.05, 4.69) is 0 Å². The molecule has 0 unspecified atom stereocenters. The minimum absolute atomic E-state index is 0.320. The van der Waals surface area contributed by atoms with Gasteiger partial charge in [0.1, 0.15) is 12.1 Å². The molecule has 0 spiro atoms. The molecule has 0 atom stereocenters. The Morgan fingerprint density at radius 1 is 1.33 bits per heavy atom. The minimum Gasteiger partial charge on any atom is -0.299 e. The molecule has 0 amide bonds. The highest BCUT2D eigenvalue weighted by Gasteiger charge is 1.94. The molecule has 0 bridgehead atoms. The summed E-state index contributed by atoms with van der Waals surface area (Å²) in [5.41, 5.74) is 0.576. The van der Waals surface area contributed by atoms with Crippen molar-refractivity contribution in [3.8, 4) is 0 Å². The van der Waals surface area contributed by atoms with Crippen LogP contribution in [0, 0.1) is 5.82 Å². The second-order valence-corrected chi connectivity index (χ2v) is 2.63. The topological polar surface area (TPSA) is 17.1 Å². The van der Waals surface area contributed by atoms with Crippen LogP contribution in [0.1, 0.15) is 5.56 Å². The van der Waals surface area contributed by atoms with E-state index in [1.807, 2.05) is 0 Å². The van der Waals surface area contributed by atoms with Crippen molar-refractivity contribution < 1.29 is 9.18 Å². The van der Waals surface area contributed by atoms with Gasteiger partial charge in [0.2, 0.25) is 0 Å². The maximum atomic E-state index is 12.6. The normalized spacial score (nSPS) is 10.5. The van der Waals surface area contributed by atoms with E-state index in [1.165, 1.54) is 24.3 Å². The van der Waals surface area contributed by atoms with Gasteiger partial charge in [-0.25, -0.2) is 4.39 Å². The monoisotopic (exact) mass is 184 g/mol. The number of carbonyl (C=O) groups excluding carboxylic acids is 1. The SMILES string of the molecule is O=CC=Cc1cc(F)cc(Cl)c1. The number of aldehydes is 1. The summed E-state index contributed by atoms with van der Waals surface area (Å²) < 4.78 is 12.6. The molecule has 0 aliphatic rings. The maximum absolute atomic E-state index is 12.6. The van der Waals surface area contributed by atoms with E-state index in [4.69, 9.17) is 11.6 Å². The number of benzene rings is 1. The molecule has 0 N–H and O–H groups in total. The summed E-state index contributed by atoms with van der Waals surface area (Å²) >= 11 is 5.57. The standard InChI is InChI=1S/C9H6ClFO/c10-8-4-7(2-1-3-12)5-9(11)6-8/h1-6H. The van der Waals surface area contributed by atoms with E-state index in [0.717, 1.165) is 0 Å². The van der Waals surface area contributed by atoms with Crippen LogP contribution in [0.3, 0.4) is 0 Å². The molecule has 62 valence electrons. The average Bonchev–Trinajstić information content (AvgIpc) is 1.99. The van der Waals surface area contributed by atoms with Gasteiger partial charge >= 0.3 is 0 Å². The van der Waals surface area contributed by atoms with Crippen LogP contribution in [0.2, 0.25) is 5.02 Å². The molecule has 1 aromatic carbocycles. The number of hydrogen-bond acceptors (Lipinski definition) is 1. The molecule has 0 fully saturated rings. The molecule has 0 aromatic heterocycles. The van der Waals surface area contributed by atoms with Crippen molar-refractivity contribution in [2.45, 2.75) is 0 Å². The highest BCUT2D eigenvalue weighted by molar-refractivity contribution is 6.30. The largest absolute Gasteiger partial charge is 0.299 e. The van der Waals surface area contributed by atoms with Gasteiger partial charge in [-0.2, -0.15) is 0 Å². The van der Waals surface area contributed by atoms with Gasteiger partial charge in [0, 0.05) is 5.02 Å². The van der Waals surface area contributed by atoms with Crippen molar-refractivity contribution in [1.29, 1.82) is 0 Å². The van der Waals surface area contributed by atoms with Gasteiger partial charge in [-0.1, -0.05) is 17.7 Å². The van der Waals surface area contributed by atoms with Crippen molar-refractivity contribution in [2.24, 2.45) is 0 Å². The first-order chi connectivity index (χ1) is 5.72. The zero-order chi connectivity index (χ0) is 8.97. The Kier molecular flexibility index (Phi) is 3.00. The maximum Gasteiger partial charge on any atom is 0.142 e. The number of rotatable bonds is 2. The van der Waals surface area contributed by atoms with Crippen LogP contribution in [0.4, 0.5) is 4.39 Å². The van der Waals surface area contributed by atoms with Crippen LogP contribution in [0.5, 0.6) is 0 Å². The fourth-order valence-electron chi connectivity index (χ4n) is 0.822. The molecule has 12 heavy (non-hydrogen) atoms. The van der Waals surface area contributed by atoms with Crippen molar-refractivity contribution in [1.82, 2.24) is 0 Å². The lowest BCUT2D eigenvalue weighted by molar-refractivity contribution is -0.104. The molecule has 0 aliphatic carbocycles.